The van der Waals surface area contributed by atoms with Crippen molar-refractivity contribution in [2.45, 2.75) is 26.3 Å². The fourth-order valence-corrected chi connectivity index (χ4v) is 2.24. The Balaban J connectivity index is 2.23. The quantitative estimate of drug-likeness (QED) is 0.666. The van der Waals surface area contributed by atoms with Gasteiger partial charge in [-0.25, -0.2) is 4.98 Å². The number of rotatable bonds is 0. The van der Waals surface area contributed by atoms with E-state index in [9.17, 15) is 9.59 Å². The van der Waals surface area contributed by atoms with Crippen molar-refractivity contribution in [3.8, 4) is 0 Å². The highest BCUT2D eigenvalue weighted by Crippen LogP contribution is 2.29. The van der Waals surface area contributed by atoms with Gasteiger partial charge in [0.1, 0.15) is 5.69 Å². The first-order chi connectivity index (χ1) is 9.02. The Morgan fingerprint density at radius 2 is 2.05 bits per heavy atom. The Labute approximate surface area is 109 Å². The van der Waals surface area contributed by atoms with Crippen molar-refractivity contribution >= 4 is 28.3 Å². The van der Waals surface area contributed by atoms with Crippen LogP contribution in [0.1, 0.15) is 19.0 Å². The molecular formula is C13H14N4O2. The molecule has 3 rings (SSSR count). The summed E-state index contributed by atoms with van der Waals surface area (Å²) >= 11 is 0. The van der Waals surface area contributed by atoms with Gasteiger partial charge in [0, 0.05) is 12.5 Å². The van der Waals surface area contributed by atoms with E-state index in [0.29, 0.717) is 28.8 Å². The lowest BCUT2D eigenvalue weighted by atomic mass is 10.2. The second kappa shape index (κ2) is 4.08. The highest BCUT2D eigenvalue weighted by atomic mass is 16.1. The molecule has 98 valence electrons. The Kier molecular flexibility index (Phi) is 2.51. The topological polar surface area (TPSA) is 86.9 Å². The van der Waals surface area contributed by atoms with Gasteiger partial charge >= 0.3 is 0 Å². The summed E-state index contributed by atoms with van der Waals surface area (Å²) in [6.07, 6.45) is 0.411. The Bertz CT molecular complexity index is 735. The molecule has 0 saturated heterocycles. The number of carbonyl (C=O) groups excluding carboxylic acids is 1. The van der Waals surface area contributed by atoms with E-state index in [4.69, 9.17) is 0 Å². The van der Waals surface area contributed by atoms with Gasteiger partial charge in [-0.3, -0.25) is 9.59 Å². The van der Waals surface area contributed by atoms with E-state index in [1.165, 1.54) is 0 Å². The number of hydrogen-bond donors (Lipinski definition) is 3. The van der Waals surface area contributed by atoms with E-state index >= 15 is 0 Å². The maximum Gasteiger partial charge on any atom is 0.269 e. The fraction of sp³-hybridized carbons (Fsp3) is 0.308. The van der Waals surface area contributed by atoms with Gasteiger partial charge in [0.05, 0.1) is 22.4 Å². The smallest absolute Gasteiger partial charge is 0.269 e. The molecule has 0 spiro atoms. The molecule has 1 amide bonds. The number of hydrogen-bond acceptors (Lipinski definition) is 4. The maximum absolute atomic E-state index is 11.7. The van der Waals surface area contributed by atoms with Gasteiger partial charge < -0.3 is 15.6 Å². The van der Waals surface area contributed by atoms with Crippen LogP contribution in [0.25, 0.3) is 11.0 Å². The first-order valence-corrected chi connectivity index (χ1v) is 6.14. The number of aromatic amines is 1. The zero-order chi connectivity index (χ0) is 13.6. The number of aryl methyl sites for hydroxylation is 1. The fourth-order valence-electron chi connectivity index (χ4n) is 2.24. The van der Waals surface area contributed by atoms with Crippen LogP contribution in [-0.4, -0.2) is 21.9 Å². The Hall–Kier alpha value is -2.37. The highest BCUT2D eigenvalue weighted by molar-refractivity contribution is 5.99. The summed E-state index contributed by atoms with van der Waals surface area (Å²) in [5.74, 6) is -0.0412. The minimum absolute atomic E-state index is 0.0412. The van der Waals surface area contributed by atoms with E-state index in [-0.39, 0.29) is 17.5 Å². The van der Waals surface area contributed by atoms with Crippen molar-refractivity contribution in [2.24, 2.45) is 0 Å². The van der Waals surface area contributed by atoms with Crippen LogP contribution in [0.15, 0.2) is 16.9 Å². The van der Waals surface area contributed by atoms with E-state index in [2.05, 4.69) is 20.6 Å². The number of carbonyl (C=O) groups is 1. The van der Waals surface area contributed by atoms with Crippen LogP contribution in [0.5, 0.6) is 0 Å². The Morgan fingerprint density at radius 3 is 2.84 bits per heavy atom. The van der Waals surface area contributed by atoms with Crippen LogP contribution in [0, 0.1) is 6.92 Å². The predicted octanol–water partition coefficient (Wildman–Crippen LogP) is 1.37. The van der Waals surface area contributed by atoms with Crippen molar-refractivity contribution < 1.29 is 4.79 Å². The number of fused-ring (bicyclic) bond motifs is 2. The van der Waals surface area contributed by atoms with Crippen LogP contribution < -0.4 is 16.2 Å². The zero-order valence-electron chi connectivity index (χ0n) is 10.7. The first-order valence-electron chi connectivity index (χ1n) is 6.14. The molecule has 0 fully saturated rings. The molecule has 3 N–H and O–H groups in total. The van der Waals surface area contributed by atoms with E-state index in [0.717, 1.165) is 5.69 Å². The van der Waals surface area contributed by atoms with Gasteiger partial charge in [0.2, 0.25) is 5.91 Å². The summed E-state index contributed by atoms with van der Waals surface area (Å²) in [6.45, 7) is 3.62. The van der Waals surface area contributed by atoms with Crippen molar-refractivity contribution in [1.82, 2.24) is 9.97 Å². The summed E-state index contributed by atoms with van der Waals surface area (Å²) in [6, 6.07) is 3.64. The molecule has 0 radical (unpaired) electrons. The number of amides is 1. The minimum atomic E-state index is -0.214. The molecule has 0 bridgehead atoms. The summed E-state index contributed by atoms with van der Waals surface area (Å²) in [7, 11) is 0. The molecule has 19 heavy (non-hydrogen) atoms. The van der Waals surface area contributed by atoms with Crippen LogP contribution in [-0.2, 0) is 4.79 Å². The third-order valence-corrected chi connectivity index (χ3v) is 3.17. The summed E-state index contributed by atoms with van der Waals surface area (Å²) in [5.41, 5.74) is 3.03. The molecule has 0 aliphatic carbocycles. The molecule has 2 aromatic rings. The van der Waals surface area contributed by atoms with Crippen molar-refractivity contribution in [3.63, 3.8) is 0 Å². The van der Waals surface area contributed by atoms with Gasteiger partial charge in [-0.1, -0.05) is 0 Å². The number of H-pyrrole nitrogens is 1. The molecule has 1 atom stereocenters. The lowest BCUT2D eigenvalue weighted by Gasteiger charge is -2.12. The standard InChI is InChI=1S/C13H14N4O2/c1-6-3-12(18)16-10-5-11-9(4-8(10)14-6)15-7(2)13(19)17-11/h4-6,14H,3H2,1-2H3,(H,16,18)(H,17,19). The minimum Gasteiger partial charge on any atom is -0.380 e. The summed E-state index contributed by atoms with van der Waals surface area (Å²) < 4.78 is 0. The molecule has 1 aliphatic heterocycles. The van der Waals surface area contributed by atoms with Crippen LogP contribution >= 0.6 is 0 Å². The SMILES string of the molecule is Cc1nc2cc3c(cc2[nH]c1=O)NC(=O)CC(C)N3. The lowest BCUT2D eigenvalue weighted by molar-refractivity contribution is -0.116. The van der Waals surface area contributed by atoms with Gasteiger partial charge in [-0.05, 0) is 26.0 Å². The lowest BCUT2D eigenvalue weighted by Crippen LogP contribution is -2.18. The monoisotopic (exact) mass is 258 g/mol. The van der Waals surface area contributed by atoms with Crippen molar-refractivity contribution in [1.29, 1.82) is 0 Å². The molecule has 2 heterocycles. The summed E-state index contributed by atoms with van der Waals surface area (Å²) in [5, 5.41) is 6.09. The third kappa shape index (κ3) is 2.05. The second-order valence-electron chi connectivity index (χ2n) is 4.86. The molecule has 1 unspecified atom stereocenters. The predicted molar refractivity (Wildman–Crippen MR) is 73.4 cm³/mol. The largest absolute Gasteiger partial charge is 0.380 e. The second-order valence-corrected chi connectivity index (χ2v) is 4.86. The molecule has 1 aromatic heterocycles. The molecular weight excluding hydrogens is 244 g/mol. The van der Waals surface area contributed by atoms with Gasteiger partial charge in [-0.15, -0.1) is 0 Å². The molecule has 1 aromatic carbocycles. The normalized spacial score (nSPS) is 18.4. The van der Waals surface area contributed by atoms with Crippen molar-refractivity contribution in [3.05, 3.63) is 28.2 Å². The van der Waals surface area contributed by atoms with Crippen LogP contribution in [0.3, 0.4) is 0 Å². The highest BCUT2D eigenvalue weighted by Gasteiger charge is 2.18. The number of benzene rings is 1. The Morgan fingerprint density at radius 1 is 1.26 bits per heavy atom. The number of aromatic nitrogens is 2. The van der Waals surface area contributed by atoms with Crippen molar-refractivity contribution in [2.75, 3.05) is 10.6 Å². The first kappa shape index (κ1) is 11.7. The average molecular weight is 258 g/mol. The zero-order valence-corrected chi connectivity index (χ0v) is 10.7. The molecule has 0 saturated carbocycles. The average Bonchev–Trinajstić information content (AvgIpc) is 2.44. The molecule has 1 aliphatic rings. The van der Waals surface area contributed by atoms with E-state index < -0.39 is 0 Å². The van der Waals surface area contributed by atoms with Crippen LogP contribution in [0.2, 0.25) is 0 Å². The molecule has 6 nitrogen and oxygen atoms in total. The van der Waals surface area contributed by atoms with Gasteiger partial charge in [-0.2, -0.15) is 0 Å². The van der Waals surface area contributed by atoms with E-state index in [1.807, 2.05) is 13.0 Å². The summed E-state index contributed by atoms with van der Waals surface area (Å²) in [4.78, 5) is 30.3. The maximum atomic E-state index is 11.7. The van der Waals surface area contributed by atoms with Gasteiger partial charge in [0.15, 0.2) is 0 Å². The van der Waals surface area contributed by atoms with Crippen LogP contribution in [0.4, 0.5) is 11.4 Å². The van der Waals surface area contributed by atoms with E-state index in [1.54, 1.807) is 13.0 Å². The number of anilines is 2. The number of nitrogens with one attached hydrogen (secondary N) is 3. The number of nitrogens with zero attached hydrogens (tertiary/aromatic N) is 1. The molecule has 6 heteroatoms. The third-order valence-electron chi connectivity index (χ3n) is 3.17. The van der Waals surface area contributed by atoms with Gasteiger partial charge in [0.25, 0.3) is 5.56 Å².